The van der Waals surface area contributed by atoms with Gasteiger partial charge in [0.2, 0.25) is 0 Å². The number of ether oxygens (including phenoxy) is 2. The van der Waals surface area contributed by atoms with Crippen molar-refractivity contribution >= 4 is 28.6 Å². The van der Waals surface area contributed by atoms with Crippen LogP contribution in [0, 0.1) is 3.57 Å². The molecule has 1 aliphatic rings. The van der Waals surface area contributed by atoms with Gasteiger partial charge in [0.15, 0.2) is 0 Å². The number of H-pyrrole nitrogens is 1. The van der Waals surface area contributed by atoms with Crippen molar-refractivity contribution < 1.29 is 15.6 Å². The van der Waals surface area contributed by atoms with E-state index in [0.717, 1.165) is 0 Å². The van der Waals surface area contributed by atoms with E-state index in [2.05, 4.69) is 4.98 Å². The van der Waals surface area contributed by atoms with Gasteiger partial charge in [-0.3, -0.25) is 19.1 Å². The van der Waals surface area contributed by atoms with Gasteiger partial charge in [0, 0.05) is 20.9 Å². The van der Waals surface area contributed by atoms with Crippen molar-refractivity contribution in [2.75, 3.05) is 0 Å². The number of nitrogens with zero attached hydrogens (tertiary/aromatic N) is 1. The summed E-state index contributed by atoms with van der Waals surface area (Å²) in [6.07, 6.45) is -0.145. The minimum absolute atomic E-state index is 0.0797. The molecular weight excluding hydrogens is 367 g/mol. The Morgan fingerprint density at radius 3 is 3.05 bits per heavy atom. The molecule has 2 heterocycles. The summed E-state index contributed by atoms with van der Waals surface area (Å²) < 4.78 is 19.6. The first-order valence-corrected chi connectivity index (χ1v) is 6.63. The zero-order valence-electron chi connectivity index (χ0n) is 11.1. The molecule has 1 aromatic rings. The highest BCUT2D eigenvalue weighted by molar-refractivity contribution is 14.1. The number of carbonyl (C=O) groups excluding carboxylic acids is 1. The first-order chi connectivity index (χ1) is 9.42. The summed E-state index contributed by atoms with van der Waals surface area (Å²) >= 11 is 1.81. The lowest BCUT2D eigenvalue weighted by Gasteiger charge is -2.13. The van der Waals surface area contributed by atoms with Crippen molar-refractivity contribution in [2.24, 2.45) is 0 Å². The number of carbonyl (C=O) groups is 1. The second-order valence-electron chi connectivity index (χ2n) is 4.16. The van der Waals surface area contributed by atoms with Gasteiger partial charge in [0.1, 0.15) is 12.3 Å². The van der Waals surface area contributed by atoms with Crippen molar-refractivity contribution in [3.63, 3.8) is 0 Å². The molecule has 0 radical (unpaired) electrons. The predicted octanol–water partition coefficient (Wildman–Crippen LogP) is 0.380. The molecule has 0 aliphatic carbocycles. The molecular formula is C11H13IN2O5. The van der Waals surface area contributed by atoms with Crippen molar-refractivity contribution in [1.29, 1.82) is 0 Å². The second-order valence-corrected chi connectivity index (χ2v) is 5.32. The average Bonchev–Trinajstić information content (AvgIpc) is 2.75. The highest BCUT2D eigenvalue weighted by Crippen LogP contribution is 2.29. The topological polar surface area (TPSA) is 90.4 Å². The normalized spacial score (nSPS) is 27.1. The standard InChI is InChI=1S/C11H13IN2O5/c1-5-8(19-6(2)15)3-9(18-5)14-4-7(12)10(16)13-11(14)17/h4-5,8-9H,3H2,1-2H3,(H,13,16,17)/t5-,8-,9-/m1/s1/i1D. The molecule has 1 N–H and O–H groups in total. The van der Waals surface area contributed by atoms with Crippen LogP contribution in [0.3, 0.4) is 0 Å². The largest absolute Gasteiger partial charge is 0.460 e. The van der Waals surface area contributed by atoms with Gasteiger partial charge in [-0.2, -0.15) is 0 Å². The van der Waals surface area contributed by atoms with Gasteiger partial charge in [-0.1, -0.05) is 0 Å². The van der Waals surface area contributed by atoms with Gasteiger partial charge < -0.3 is 9.47 Å². The number of rotatable bonds is 2. The summed E-state index contributed by atoms with van der Waals surface area (Å²) in [5.74, 6) is -0.457. The first-order valence-electron chi connectivity index (χ1n) is 6.26. The van der Waals surface area contributed by atoms with E-state index in [1.807, 2.05) is 22.6 Å². The van der Waals surface area contributed by atoms with Crippen LogP contribution in [-0.4, -0.2) is 27.7 Å². The summed E-state index contributed by atoms with van der Waals surface area (Å²) in [6.45, 7) is 1.20. The van der Waals surface area contributed by atoms with Crippen molar-refractivity contribution in [1.82, 2.24) is 9.55 Å². The van der Waals surface area contributed by atoms with Gasteiger partial charge >= 0.3 is 11.7 Å². The lowest BCUT2D eigenvalue weighted by atomic mass is 10.2. The van der Waals surface area contributed by atoms with E-state index in [9.17, 15) is 14.4 Å². The molecule has 0 aromatic carbocycles. The molecule has 2 rings (SSSR count). The molecule has 0 bridgehead atoms. The van der Waals surface area contributed by atoms with Gasteiger partial charge in [0.05, 0.1) is 9.67 Å². The maximum Gasteiger partial charge on any atom is 0.330 e. The fourth-order valence-corrected chi connectivity index (χ4v) is 2.32. The van der Waals surface area contributed by atoms with Crippen LogP contribution in [0.2, 0.25) is 0 Å². The SMILES string of the molecule is [2H]C[C@H]1O[C@@H](n2cc(I)c(=O)[nH]c2=O)C[C@H]1OC(C)=O. The van der Waals surface area contributed by atoms with E-state index in [1.54, 1.807) is 0 Å². The summed E-state index contributed by atoms with van der Waals surface area (Å²) in [6, 6.07) is 0. The Labute approximate surface area is 123 Å². The van der Waals surface area contributed by atoms with Crippen molar-refractivity contribution in [2.45, 2.75) is 38.7 Å². The van der Waals surface area contributed by atoms with Crippen molar-refractivity contribution in [3.05, 3.63) is 30.6 Å². The molecule has 0 unspecified atom stereocenters. The van der Waals surface area contributed by atoms with Gasteiger partial charge in [0.25, 0.3) is 5.56 Å². The number of hydrogen-bond acceptors (Lipinski definition) is 5. The summed E-state index contributed by atoms with van der Waals surface area (Å²) in [7, 11) is 0. The molecule has 3 atom stereocenters. The molecule has 0 saturated carbocycles. The smallest absolute Gasteiger partial charge is 0.330 e. The van der Waals surface area contributed by atoms with Gasteiger partial charge in [-0.25, -0.2) is 4.79 Å². The summed E-state index contributed by atoms with van der Waals surface area (Å²) in [4.78, 5) is 36.3. The second kappa shape index (κ2) is 5.45. The van der Waals surface area contributed by atoms with E-state index < -0.39 is 35.7 Å². The molecule has 1 aromatic heterocycles. The Bertz CT molecular complexity index is 628. The van der Waals surface area contributed by atoms with Crippen LogP contribution >= 0.6 is 22.6 Å². The van der Waals surface area contributed by atoms with Crippen LogP contribution in [0.15, 0.2) is 15.8 Å². The van der Waals surface area contributed by atoms with Crippen LogP contribution in [0.4, 0.5) is 0 Å². The Hall–Kier alpha value is -1.16. The minimum atomic E-state index is -0.660. The lowest BCUT2D eigenvalue weighted by Crippen LogP contribution is -2.33. The van der Waals surface area contributed by atoms with Gasteiger partial charge in [-0.05, 0) is 29.5 Å². The van der Waals surface area contributed by atoms with E-state index in [0.29, 0.717) is 3.57 Å². The maximum absolute atomic E-state index is 11.8. The fraction of sp³-hybridized carbons (Fsp3) is 0.545. The molecule has 0 amide bonds. The zero-order valence-corrected chi connectivity index (χ0v) is 12.2. The molecule has 19 heavy (non-hydrogen) atoms. The molecule has 7 nitrogen and oxygen atoms in total. The first kappa shape index (κ1) is 12.9. The number of aromatic nitrogens is 2. The van der Waals surface area contributed by atoms with E-state index in [1.165, 1.54) is 17.7 Å². The molecule has 1 saturated heterocycles. The third-order valence-corrected chi connectivity index (χ3v) is 3.50. The molecule has 104 valence electrons. The highest BCUT2D eigenvalue weighted by Gasteiger charge is 2.36. The zero-order chi connectivity index (χ0) is 14.9. The lowest BCUT2D eigenvalue weighted by molar-refractivity contribution is -0.148. The molecule has 1 fully saturated rings. The Kier molecular flexibility index (Phi) is 3.69. The van der Waals surface area contributed by atoms with Crippen LogP contribution in [0.25, 0.3) is 0 Å². The number of hydrogen-bond donors (Lipinski definition) is 1. The van der Waals surface area contributed by atoms with E-state index in [-0.39, 0.29) is 13.3 Å². The van der Waals surface area contributed by atoms with Crippen LogP contribution in [0.1, 0.15) is 27.8 Å². The molecule has 0 spiro atoms. The number of nitrogens with one attached hydrogen (secondary N) is 1. The number of aromatic amines is 1. The molecule has 1 aliphatic heterocycles. The quantitative estimate of drug-likeness (QED) is 0.591. The Morgan fingerprint density at radius 1 is 1.68 bits per heavy atom. The Morgan fingerprint density at radius 2 is 2.42 bits per heavy atom. The third-order valence-electron chi connectivity index (χ3n) is 2.73. The average molecular weight is 381 g/mol. The van der Waals surface area contributed by atoms with Gasteiger partial charge in [-0.15, -0.1) is 0 Å². The van der Waals surface area contributed by atoms with Crippen molar-refractivity contribution in [3.8, 4) is 0 Å². The van der Waals surface area contributed by atoms with E-state index >= 15 is 0 Å². The monoisotopic (exact) mass is 381 g/mol. The predicted molar refractivity (Wildman–Crippen MR) is 73.8 cm³/mol. The Balaban J connectivity index is 2.27. The summed E-state index contributed by atoms with van der Waals surface area (Å²) in [5.41, 5.74) is -1.05. The molecule has 8 heteroatoms. The minimum Gasteiger partial charge on any atom is -0.460 e. The highest BCUT2D eigenvalue weighted by atomic mass is 127. The number of esters is 1. The van der Waals surface area contributed by atoms with Crippen LogP contribution < -0.4 is 11.2 Å². The van der Waals surface area contributed by atoms with Crippen LogP contribution in [0.5, 0.6) is 0 Å². The van der Waals surface area contributed by atoms with E-state index in [4.69, 9.17) is 10.8 Å². The van der Waals surface area contributed by atoms with Crippen LogP contribution in [-0.2, 0) is 14.3 Å². The number of halogens is 1. The summed E-state index contributed by atoms with van der Waals surface area (Å²) in [5, 5.41) is 0. The fourth-order valence-electron chi connectivity index (χ4n) is 1.89. The third kappa shape index (κ3) is 3.06. The maximum atomic E-state index is 11.8.